The van der Waals surface area contributed by atoms with Gasteiger partial charge in [-0.3, -0.25) is 4.79 Å². The van der Waals surface area contributed by atoms with Gasteiger partial charge in [0.25, 0.3) is 0 Å². The number of carboxylic acids is 1. The van der Waals surface area contributed by atoms with Crippen molar-refractivity contribution in [2.45, 2.75) is 20.4 Å². The topological polar surface area (TPSA) is 49.8 Å². The van der Waals surface area contributed by atoms with E-state index in [1.807, 2.05) is 36.2 Å². The minimum Gasteiger partial charge on any atom is -0.497 e. The summed E-state index contributed by atoms with van der Waals surface area (Å²) >= 11 is 0. The molecular formula is C14H21NO3. The third kappa shape index (κ3) is 4.04. The fraction of sp³-hybridized carbons (Fsp3) is 0.500. The highest BCUT2D eigenvalue weighted by atomic mass is 16.5. The van der Waals surface area contributed by atoms with Gasteiger partial charge in [0.05, 0.1) is 12.5 Å². The van der Waals surface area contributed by atoms with Crippen LogP contribution in [0, 0.1) is 5.41 Å². The van der Waals surface area contributed by atoms with Gasteiger partial charge >= 0.3 is 5.97 Å². The van der Waals surface area contributed by atoms with Crippen LogP contribution in [0.15, 0.2) is 24.3 Å². The Balaban J connectivity index is 2.58. The van der Waals surface area contributed by atoms with Crippen LogP contribution in [0.5, 0.6) is 5.75 Å². The number of hydrogen-bond acceptors (Lipinski definition) is 3. The van der Waals surface area contributed by atoms with Crippen molar-refractivity contribution in [1.29, 1.82) is 0 Å². The minimum absolute atomic E-state index is 0.508. The molecule has 0 bridgehead atoms. The van der Waals surface area contributed by atoms with E-state index in [4.69, 9.17) is 9.84 Å². The van der Waals surface area contributed by atoms with E-state index in [-0.39, 0.29) is 0 Å². The van der Waals surface area contributed by atoms with Crippen LogP contribution in [0.4, 0.5) is 0 Å². The molecule has 0 fully saturated rings. The molecule has 18 heavy (non-hydrogen) atoms. The lowest BCUT2D eigenvalue weighted by atomic mass is 9.93. The highest BCUT2D eigenvalue weighted by molar-refractivity contribution is 5.73. The van der Waals surface area contributed by atoms with Crippen molar-refractivity contribution in [3.8, 4) is 5.75 Å². The van der Waals surface area contributed by atoms with Crippen molar-refractivity contribution in [1.82, 2.24) is 4.90 Å². The Bertz CT molecular complexity index is 398. The summed E-state index contributed by atoms with van der Waals surface area (Å²) < 4.78 is 5.09. The molecule has 0 aliphatic carbocycles. The second-order valence-electron chi connectivity index (χ2n) is 5.21. The number of rotatable bonds is 6. The third-order valence-electron chi connectivity index (χ3n) is 2.86. The molecule has 0 aromatic heterocycles. The van der Waals surface area contributed by atoms with E-state index >= 15 is 0 Å². The van der Waals surface area contributed by atoms with Crippen LogP contribution in [0.25, 0.3) is 0 Å². The summed E-state index contributed by atoms with van der Waals surface area (Å²) in [6, 6.07) is 7.79. The molecule has 0 radical (unpaired) electrons. The predicted molar refractivity (Wildman–Crippen MR) is 70.7 cm³/mol. The van der Waals surface area contributed by atoms with Gasteiger partial charge in [-0.05, 0) is 38.6 Å². The van der Waals surface area contributed by atoms with Crippen molar-refractivity contribution in [3.63, 3.8) is 0 Å². The molecule has 1 N–H and O–H groups in total. The summed E-state index contributed by atoms with van der Waals surface area (Å²) in [5.74, 6) is 0.0522. The van der Waals surface area contributed by atoms with Crippen LogP contribution in [-0.4, -0.2) is 36.7 Å². The van der Waals surface area contributed by atoms with Gasteiger partial charge in [0.2, 0.25) is 0 Å². The van der Waals surface area contributed by atoms with Crippen molar-refractivity contribution >= 4 is 5.97 Å². The van der Waals surface area contributed by atoms with E-state index in [1.165, 1.54) is 0 Å². The summed E-state index contributed by atoms with van der Waals surface area (Å²) in [6.07, 6.45) is 0. The fourth-order valence-corrected chi connectivity index (χ4v) is 1.84. The quantitative estimate of drug-likeness (QED) is 0.842. The zero-order valence-corrected chi connectivity index (χ0v) is 11.4. The number of aliphatic carboxylic acids is 1. The van der Waals surface area contributed by atoms with Gasteiger partial charge in [0, 0.05) is 13.1 Å². The molecule has 0 amide bonds. The average Bonchev–Trinajstić information content (AvgIpc) is 2.29. The smallest absolute Gasteiger partial charge is 0.310 e. The Kier molecular flexibility index (Phi) is 4.73. The van der Waals surface area contributed by atoms with Crippen LogP contribution in [-0.2, 0) is 11.3 Å². The number of carbonyl (C=O) groups is 1. The van der Waals surface area contributed by atoms with Gasteiger partial charge < -0.3 is 14.7 Å². The normalized spacial score (nSPS) is 11.6. The Morgan fingerprint density at radius 2 is 1.89 bits per heavy atom. The number of nitrogens with zero attached hydrogens (tertiary/aromatic N) is 1. The molecule has 0 atom stereocenters. The maximum atomic E-state index is 11.0. The van der Waals surface area contributed by atoms with Gasteiger partial charge in [0.1, 0.15) is 5.75 Å². The highest BCUT2D eigenvalue weighted by Crippen LogP contribution is 2.18. The molecule has 1 aromatic carbocycles. The molecule has 0 saturated carbocycles. The first-order valence-corrected chi connectivity index (χ1v) is 5.90. The molecule has 0 aliphatic rings. The second-order valence-corrected chi connectivity index (χ2v) is 5.21. The first-order chi connectivity index (χ1) is 8.35. The molecule has 0 spiro atoms. The molecule has 4 heteroatoms. The fourth-order valence-electron chi connectivity index (χ4n) is 1.84. The summed E-state index contributed by atoms with van der Waals surface area (Å²) in [4.78, 5) is 13.1. The van der Waals surface area contributed by atoms with Gasteiger partial charge in [-0.25, -0.2) is 0 Å². The van der Waals surface area contributed by atoms with E-state index < -0.39 is 11.4 Å². The standard InChI is InChI=1S/C14H21NO3/c1-14(2,13(16)17)10-15(3)9-11-5-7-12(18-4)8-6-11/h5-8H,9-10H2,1-4H3,(H,16,17). The number of carboxylic acid groups (broad SMARTS) is 1. The summed E-state index contributed by atoms with van der Waals surface area (Å²) in [5.41, 5.74) is 0.404. The summed E-state index contributed by atoms with van der Waals surface area (Å²) in [7, 11) is 3.56. The largest absolute Gasteiger partial charge is 0.497 e. The maximum absolute atomic E-state index is 11.0. The van der Waals surface area contributed by atoms with Crippen molar-refractivity contribution in [2.75, 3.05) is 20.7 Å². The van der Waals surface area contributed by atoms with Crippen LogP contribution in [0.2, 0.25) is 0 Å². The average molecular weight is 251 g/mol. The molecule has 4 nitrogen and oxygen atoms in total. The molecule has 0 unspecified atom stereocenters. The van der Waals surface area contributed by atoms with Crippen LogP contribution < -0.4 is 4.74 Å². The zero-order chi connectivity index (χ0) is 13.8. The molecule has 0 aliphatic heterocycles. The molecule has 0 saturated heterocycles. The van der Waals surface area contributed by atoms with Crippen LogP contribution in [0.1, 0.15) is 19.4 Å². The Morgan fingerprint density at radius 3 is 2.33 bits per heavy atom. The molecule has 1 aromatic rings. The number of ether oxygens (including phenoxy) is 1. The number of hydrogen-bond donors (Lipinski definition) is 1. The third-order valence-corrected chi connectivity index (χ3v) is 2.86. The number of methoxy groups -OCH3 is 1. The van der Waals surface area contributed by atoms with Gasteiger partial charge in [-0.15, -0.1) is 0 Å². The van der Waals surface area contributed by atoms with Crippen LogP contribution >= 0.6 is 0 Å². The zero-order valence-electron chi connectivity index (χ0n) is 11.4. The predicted octanol–water partition coefficient (Wildman–Crippen LogP) is 2.24. The first-order valence-electron chi connectivity index (χ1n) is 5.90. The van der Waals surface area contributed by atoms with Gasteiger partial charge in [-0.1, -0.05) is 12.1 Å². The lowest BCUT2D eigenvalue weighted by Gasteiger charge is -2.26. The van der Waals surface area contributed by atoms with Crippen molar-refractivity contribution in [2.24, 2.45) is 5.41 Å². The van der Waals surface area contributed by atoms with Crippen molar-refractivity contribution < 1.29 is 14.6 Å². The minimum atomic E-state index is -0.774. The Labute approximate surface area is 108 Å². The molecule has 1 rings (SSSR count). The Hall–Kier alpha value is -1.55. The van der Waals surface area contributed by atoms with E-state index in [2.05, 4.69) is 0 Å². The first kappa shape index (κ1) is 14.5. The summed E-state index contributed by atoms with van der Waals surface area (Å²) in [6.45, 7) is 4.70. The summed E-state index contributed by atoms with van der Waals surface area (Å²) in [5, 5.41) is 9.08. The molecule has 0 heterocycles. The lowest BCUT2D eigenvalue weighted by Crippen LogP contribution is -2.36. The van der Waals surface area contributed by atoms with E-state index in [0.29, 0.717) is 6.54 Å². The Morgan fingerprint density at radius 1 is 1.33 bits per heavy atom. The van der Waals surface area contributed by atoms with Gasteiger partial charge in [-0.2, -0.15) is 0 Å². The van der Waals surface area contributed by atoms with E-state index in [1.54, 1.807) is 21.0 Å². The monoisotopic (exact) mass is 251 g/mol. The highest BCUT2D eigenvalue weighted by Gasteiger charge is 2.28. The maximum Gasteiger partial charge on any atom is 0.310 e. The molecular weight excluding hydrogens is 230 g/mol. The second kappa shape index (κ2) is 5.87. The van der Waals surface area contributed by atoms with Crippen LogP contribution in [0.3, 0.4) is 0 Å². The lowest BCUT2D eigenvalue weighted by molar-refractivity contribution is -0.147. The van der Waals surface area contributed by atoms with Crippen molar-refractivity contribution in [3.05, 3.63) is 29.8 Å². The molecule has 100 valence electrons. The SMILES string of the molecule is COc1ccc(CN(C)CC(C)(C)C(=O)O)cc1. The van der Waals surface area contributed by atoms with E-state index in [9.17, 15) is 4.79 Å². The van der Waals surface area contributed by atoms with Gasteiger partial charge in [0.15, 0.2) is 0 Å². The van der Waals surface area contributed by atoms with E-state index in [0.717, 1.165) is 17.9 Å². The number of benzene rings is 1.